The highest BCUT2D eigenvalue weighted by Crippen LogP contribution is 2.36. The van der Waals surface area contributed by atoms with Crippen molar-refractivity contribution in [2.24, 2.45) is 7.05 Å². The van der Waals surface area contributed by atoms with Crippen LogP contribution in [0.1, 0.15) is 5.01 Å². The van der Waals surface area contributed by atoms with Crippen molar-refractivity contribution in [3.63, 3.8) is 0 Å². The first-order chi connectivity index (χ1) is 12.9. The average molecular weight is 407 g/mol. The number of alkyl halides is 3. The Balaban J connectivity index is 1.49. The standard InChI is InChI=1S/C17H12F3N5S2/c1-25-15-10(7-23-25)3-2-4-13(15)24-27-11-5-6-12(21-8-11)14-9-22-16(26-14)17(18,19)20/h2-9,24H,1H3. The molecule has 0 aliphatic heterocycles. The fourth-order valence-corrected chi connectivity index (χ4v) is 3.93. The Hall–Kier alpha value is -2.59. The molecule has 27 heavy (non-hydrogen) atoms. The van der Waals surface area contributed by atoms with Gasteiger partial charge in [-0.15, -0.1) is 11.3 Å². The quantitative estimate of drug-likeness (QED) is 0.470. The van der Waals surface area contributed by atoms with E-state index in [1.54, 1.807) is 29.2 Å². The van der Waals surface area contributed by atoms with Crippen LogP contribution < -0.4 is 4.72 Å². The maximum absolute atomic E-state index is 12.7. The minimum atomic E-state index is -4.44. The molecule has 0 fully saturated rings. The van der Waals surface area contributed by atoms with Gasteiger partial charge in [-0.1, -0.05) is 12.1 Å². The number of fused-ring (bicyclic) bond motifs is 1. The van der Waals surface area contributed by atoms with Crippen LogP contribution in [-0.4, -0.2) is 19.7 Å². The van der Waals surface area contributed by atoms with Crippen LogP contribution in [0, 0.1) is 0 Å². The monoisotopic (exact) mass is 407 g/mol. The molecular weight excluding hydrogens is 395 g/mol. The molecule has 0 saturated heterocycles. The molecule has 0 atom stereocenters. The Morgan fingerprint density at radius 3 is 2.63 bits per heavy atom. The summed E-state index contributed by atoms with van der Waals surface area (Å²) in [6.45, 7) is 0. The predicted octanol–water partition coefficient (Wildman–Crippen LogP) is 5.23. The topological polar surface area (TPSA) is 55.6 Å². The molecule has 0 aliphatic carbocycles. The van der Waals surface area contributed by atoms with Gasteiger partial charge < -0.3 is 4.72 Å². The summed E-state index contributed by atoms with van der Waals surface area (Å²) >= 11 is 1.95. The van der Waals surface area contributed by atoms with Crippen molar-refractivity contribution in [2.45, 2.75) is 11.1 Å². The SMILES string of the molecule is Cn1ncc2cccc(NSc3ccc(-c4cnc(C(F)(F)F)s4)nc3)c21. The molecule has 0 spiro atoms. The number of nitrogens with zero attached hydrogens (tertiary/aromatic N) is 4. The highest BCUT2D eigenvalue weighted by Gasteiger charge is 2.34. The summed E-state index contributed by atoms with van der Waals surface area (Å²) in [6, 6.07) is 9.36. The summed E-state index contributed by atoms with van der Waals surface area (Å²) < 4.78 is 43.1. The Morgan fingerprint density at radius 2 is 1.93 bits per heavy atom. The zero-order chi connectivity index (χ0) is 19.0. The van der Waals surface area contributed by atoms with Gasteiger partial charge in [0.05, 0.1) is 28.0 Å². The number of aryl methyl sites for hydroxylation is 1. The van der Waals surface area contributed by atoms with Crippen LogP contribution in [-0.2, 0) is 13.2 Å². The van der Waals surface area contributed by atoms with Gasteiger partial charge in [0.15, 0.2) is 5.01 Å². The molecule has 1 aromatic carbocycles. The average Bonchev–Trinajstić information content (AvgIpc) is 3.28. The Bertz CT molecular complexity index is 1090. The van der Waals surface area contributed by atoms with E-state index in [-0.39, 0.29) is 0 Å². The Morgan fingerprint density at radius 1 is 1.07 bits per heavy atom. The summed E-state index contributed by atoms with van der Waals surface area (Å²) in [5, 5.41) is 4.40. The van der Waals surface area contributed by atoms with E-state index in [0.717, 1.165) is 21.5 Å². The van der Waals surface area contributed by atoms with Gasteiger partial charge in [-0.25, -0.2) is 4.98 Å². The van der Waals surface area contributed by atoms with E-state index in [4.69, 9.17) is 0 Å². The van der Waals surface area contributed by atoms with Crippen molar-refractivity contribution in [1.82, 2.24) is 19.7 Å². The van der Waals surface area contributed by atoms with Crippen LogP contribution >= 0.6 is 23.3 Å². The smallest absolute Gasteiger partial charge is 0.324 e. The lowest BCUT2D eigenvalue weighted by Gasteiger charge is -2.08. The molecule has 0 aliphatic rings. The predicted molar refractivity (Wildman–Crippen MR) is 101 cm³/mol. The molecule has 5 nitrogen and oxygen atoms in total. The molecule has 0 saturated carbocycles. The van der Waals surface area contributed by atoms with E-state index >= 15 is 0 Å². The highest BCUT2D eigenvalue weighted by molar-refractivity contribution is 8.00. The van der Waals surface area contributed by atoms with Gasteiger partial charge in [-0.2, -0.15) is 18.3 Å². The second kappa shape index (κ2) is 6.86. The zero-order valence-corrected chi connectivity index (χ0v) is 15.5. The molecule has 1 N–H and O–H groups in total. The summed E-state index contributed by atoms with van der Waals surface area (Å²) in [6.07, 6.45) is 0.175. The van der Waals surface area contributed by atoms with Gasteiger partial charge in [0.2, 0.25) is 0 Å². The molecule has 0 unspecified atom stereocenters. The second-order valence-electron chi connectivity index (χ2n) is 5.62. The zero-order valence-electron chi connectivity index (χ0n) is 13.9. The van der Waals surface area contributed by atoms with E-state index in [2.05, 4.69) is 19.8 Å². The molecular formula is C17H12F3N5S2. The number of hydrogen-bond acceptors (Lipinski definition) is 6. The van der Waals surface area contributed by atoms with Gasteiger partial charge in [-0.05, 0) is 30.1 Å². The normalized spacial score (nSPS) is 11.9. The number of rotatable bonds is 4. The third-order valence-corrected chi connectivity index (χ3v) is 5.64. The molecule has 3 aromatic heterocycles. The van der Waals surface area contributed by atoms with Crippen molar-refractivity contribution in [2.75, 3.05) is 4.72 Å². The maximum Gasteiger partial charge on any atom is 0.443 e. The number of para-hydroxylation sites is 1. The molecule has 3 heterocycles. The largest absolute Gasteiger partial charge is 0.443 e. The summed E-state index contributed by atoms with van der Waals surface area (Å²) in [7, 11) is 1.87. The van der Waals surface area contributed by atoms with E-state index in [1.807, 2.05) is 25.2 Å². The molecule has 0 bridgehead atoms. The van der Waals surface area contributed by atoms with E-state index < -0.39 is 11.2 Å². The third-order valence-electron chi connectivity index (χ3n) is 3.78. The van der Waals surface area contributed by atoms with Crippen LogP contribution in [0.25, 0.3) is 21.5 Å². The van der Waals surface area contributed by atoms with Crippen LogP contribution in [0.5, 0.6) is 0 Å². The second-order valence-corrected chi connectivity index (χ2v) is 7.53. The summed E-state index contributed by atoms with van der Waals surface area (Å²) in [4.78, 5) is 8.89. The van der Waals surface area contributed by atoms with Crippen LogP contribution in [0.2, 0.25) is 0 Å². The molecule has 138 valence electrons. The van der Waals surface area contributed by atoms with Gasteiger partial charge in [-0.3, -0.25) is 9.67 Å². The van der Waals surface area contributed by atoms with Crippen molar-refractivity contribution in [1.29, 1.82) is 0 Å². The van der Waals surface area contributed by atoms with Crippen molar-refractivity contribution < 1.29 is 13.2 Å². The maximum atomic E-state index is 12.7. The van der Waals surface area contributed by atoms with E-state index in [9.17, 15) is 13.2 Å². The van der Waals surface area contributed by atoms with Crippen molar-refractivity contribution in [3.8, 4) is 10.6 Å². The number of pyridine rings is 1. The number of hydrogen-bond donors (Lipinski definition) is 1. The minimum absolute atomic E-state index is 0.381. The fourth-order valence-electron chi connectivity index (χ4n) is 2.54. The van der Waals surface area contributed by atoms with Gasteiger partial charge in [0.1, 0.15) is 0 Å². The number of benzene rings is 1. The Labute approximate surface area is 160 Å². The number of aromatic nitrogens is 4. The number of thiazole rings is 1. The first kappa shape index (κ1) is 17.8. The number of halogens is 3. The van der Waals surface area contributed by atoms with E-state index in [1.165, 1.54) is 18.1 Å². The molecule has 4 rings (SSSR count). The lowest BCUT2D eigenvalue weighted by atomic mass is 10.2. The first-order valence-electron chi connectivity index (χ1n) is 7.75. The molecule has 0 amide bonds. The molecule has 4 aromatic rings. The fraction of sp³-hybridized carbons (Fsp3) is 0.118. The van der Waals surface area contributed by atoms with Crippen molar-refractivity contribution in [3.05, 3.63) is 53.9 Å². The minimum Gasteiger partial charge on any atom is -0.324 e. The van der Waals surface area contributed by atoms with Crippen LogP contribution in [0.4, 0.5) is 18.9 Å². The van der Waals surface area contributed by atoms with Crippen LogP contribution in [0.3, 0.4) is 0 Å². The number of anilines is 1. The lowest BCUT2D eigenvalue weighted by molar-refractivity contribution is -0.137. The van der Waals surface area contributed by atoms with Gasteiger partial charge in [0, 0.05) is 29.7 Å². The van der Waals surface area contributed by atoms with E-state index in [0.29, 0.717) is 21.9 Å². The molecule has 10 heteroatoms. The summed E-state index contributed by atoms with van der Waals surface area (Å²) in [5.41, 5.74) is 2.36. The first-order valence-corrected chi connectivity index (χ1v) is 9.38. The van der Waals surface area contributed by atoms with Gasteiger partial charge >= 0.3 is 6.18 Å². The summed E-state index contributed by atoms with van der Waals surface area (Å²) in [5.74, 6) is 0. The number of nitrogens with one attached hydrogen (secondary N) is 1. The van der Waals surface area contributed by atoms with Gasteiger partial charge in [0.25, 0.3) is 0 Å². The van der Waals surface area contributed by atoms with Crippen LogP contribution in [0.15, 0.2) is 53.8 Å². The highest BCUT2D eigenvalue weighted by atomic mass is 32.2. The molecule has 0 radical (unpaired) electrons. The van der Waals surface area contributed by atoms with Crippen molar-refractivity contribution >= 4 is 39.9 Å². The lowest BCUT2D eigenvalue weighted by Crippen LogP contribution is -2.02. The third kappa shape index (κ3) is 3.62. The Kier molecular flexibility index (Phi) is 4.52.